The van der Waals surface area contributed by atoms with Crippen molar-refractivity contribution < 1.29 is 0 Å². The molecule has 1 aliphatic carbocycles. The summed E-state index contributed by atoms with van der Waals surface area (Å²) in [5, 5.41) is 4.56. The molecular formula is C18H20ClN. The van der Waals surface area contributed by atoms with Crippen molar-refractivity contribution in [1.82, 2.24) is 5.32 Å². The molecule has 0 spiro atoms. The first kappa shape index (κ1) is 13.7. The van der Waals surface area contributed by atoms with Crippen molar-refractivity contribution >= 4 is 11.6 Å². The average molecular weight is 286 g/mol. The lowest BCUT2D eigenvalue weighted by Crippen LogP contribution is -2.24. The lowest BCUT2D eigenvalue weighted by molar-refractivity contribution is 0.504. The van der Waals surface area contributed by atoms with E-state index in [0.717, 1.165) is 18.0 Å². The van der Waals surface area contributed by atoms with E-state index in [1.165, 1.54) is 23.1 Å². The Balaban J connectivity index is 1.64. The van der Waals surface area contributed by atoms with E-state index in [9.17, 15) is 0 Å². The van der Waals surface area contributed by atoms with Gasteiger partial charge in [-0.05, 0) is 47.6 Å². The third-order valence-corrected chi connectivity index (χ3v) is 4.46. The quantitative estimate of drug-likeness (QED) is 0.857. The Morgan fingerprint density at radius 3 is 2.80 bits per heavy atom. The molecule has 104 valence electrons. The second-order valence-electron chi connectivity index (χ2n) is 5.65. The summed E-state index contributed by atoms with van der Waals surface area (Å²) >= 11 is 6.06. The van der Waals surface area contributed by atoms with Gasteiger partial charge in [-0.1, -0.05) is 54.9 Å². The summed E-state index contributed by atoms with van der Waals surface area (Å²) in [6.07, 6.45) is 2.31. The first-order valence-electron chi connectivity index (χ1n) is 7.30. The molecule has 0 heterocycles. The third-order valence-electron chi connectivity index (χ3n) is 4.22. The molecule has 2 aromatic rings. The number of hydrogen-bond donors (Lipinski definition) is 1. The first-order chi connectivity index (χ1) is 9.74. The van der Waals surface area contributed by atoms with Crippen LogP contribution in [0.3, 0.4) is 0 Å². The Kier molecular flexibility index (Phi) is 4.09. The van der Waals surface area contributed by atoms with Crippen LogP contribution in [-0.4, -0.2) is 6.54 Å². The van der Waals surface area contributed by atoms with Gasteiger partial charge in [-0.3, -0.25) is 0 Å². The van der Waals surface area contributed by atoms with E-state index in [1.54, 1.807) is 0 Å². The minimum atomic E-state index is 0.480. The molecule has 3 rings (SSSR count). The van der Waals surface area contributed by atoms with Crippen LogP contribution in [0.15, 0.2) is 48.5 Å². The summed E-state index contributed by atoms with van der Waals surface area (Å²) in [6, 6.07) is 17.5. The van der Waals surface area contributed by atoms with E-state index >= 15 is 0 Å². The molecule has 0 fully saturated rings. The Morgan fingerprint density at radius 2 is 2.00 bits per heavy atom. The van der Waals surface area contributed by atoms with Crippen molar-refractivity contribution in [3.05, 3.63) is 70.2 Å². The Hall–Kier alpha value is -1.31. The maximum absolute atomic E-state index is 6.06. The van der Waals surface area contributed by atoms with Crippen LogP contribution in [0.1, 0.15) is 42.0 Å². The Morgan fingerprint density at radius 1 is 1.20 bits per heavy atom. The van der Waals surface area contributed by atoms with E-state index < -0.39 is 0 Å². The molecule has 0 aliphatic heterocycles. The van der Waals surface area contributed by atoms with Crippen molar-refractivity contribution in [3.8, 4) is 0 Å². The van der Waals surface area contributed by atoms with Crippen molar-refractivity contribution in [2.24, 2.45) is 0 Å². The average Bonchev–Trinajstić information content (AvgIpc) is 2.88. The number of aryl methyl sites for hydroxylation is 1. The SMILES string of the molecule is CC(CNC1CCc2cc(Cl)ccc21)c1ccccc1. The lowest BCUT2D eigenvalue weighted by atomic mass is 10.0. The molecule has 2 atom stereocenters. The molecular weight excluding hydrogens is 266 g/mol. The van der Waals surface area contributed by atoms with E-state index in [0.29, 0.717) is 12.0 Å². The monoisotopic (exact) mass is 285 g/mol. The highest BCUT2D eigenvalue weighted by Crippen LogP contribution is 2.33. The van der Waals surface area contributed by atoms with Gasteiger partial charge in [0.25, 0.3) is 0 Å². The zero-order valence-electron chi connectivity index (χ0n) is 11.8. The summed E-state index contributed by atoms with van der Waals surface area (Å²) in [7, 11) is 0. The molecule has 0 saturated carbocycles. The fourth-order valence-corrected chi connectivity index (χ4v) is 3.21. The number of benzene rings is 2. The summed E-state index contributed by atoms with van der Waals surface area (Å²) < 4.78 is 0. The van der Waals surface area contributed by atoms with Crippen LogP contribution in [-0.2, 0) is 6.42 Å². The van der Waals surface area contributed by atoms with Gasteiger partial charge >= 0.3 is 0 Å². The zero-order chi connectivity index (χ0) is 13.9. The van der Waals surface area contributed by atoms with Gasteiger partial charge in [0, 0.05) is 17.6 Å². The molecule has 0 aromatic heterocycles. The third kappa shape index (κ3) is 2.89. The molecule has 1 N–H and O–H groups in total. The molecule has 0 radical (unpaired) electrons. The fourth-order valence-electron chi connectivity index (χ4n) is 3.02. The highest BCUT2D eigenvalue weighted by atomic mass is 35.5. The normalized spacial score (nSPS) is 18.8. The van der Waals surface area contributed by atoms with Gasteiger partial charge in [0.1, 0.15) is 0 Å². The highest BCUT2D eigenvalue weighted by Gasteiger charge is 2.22. The Labute approximate surface area is 126 Å². The molecule has 2 unspecified atom stereocenters. The fraction of sp³-hybridized carbons (Fsp3) is 0.333. The van der Waals surface area contributed by atoms with Crippen LogP contribution in [0, 0.1) is 0 Å². The van der Waals surface area contributed by atoms with Crippen LogP contribution < -0.4 is 5.32 Å². The van der Waals surface area contributed by atoms with Crippen LogP contribution in [0.2, 0.25) is 5.02 Å². The number of rotatable bonds is 4. The van der Waals surface area contributed by atoms with Gasteiger partial charge in [0.15, 0.2) is 0 Å². The summed E-state index contributed by atoms with van der Waals surface area (Å²) in [4.78, 5) is 0. The largest absolute Gasteiger partial charge is 0.309 e. The molecule has 2 heteroatoms. The molecule has 20 heavy (non-hydrogen) atoms. The standard InChI is InChI=1S/C18H20ClN/c1-13(14-5-3-2-4-6-14)12-20-18-10-7-15-11-16(19)8-9-17(15)18/h2-6,8-9,11,13,18,20H,7,10,12H2,1H3. The molecule has 0 bridgehead atoms. The molecule has 1 aliphatic rings. The van der Waals surface area contributed by atoms with Gasteiger partial charge in [0.05, 0.1) is 0 Å². The van der Waals surface area contributed by atoms with E-state index in [1.807, 2.05) is 6.07 Å². The second kappa shape index (κ2) is 5.99. The van der Waals surface area contributed by atoms with Crippen LogP contribution in [0.5, 0.6) is 0 Å². The van der Waals surface area contributed by atoms with E-state index in [-0.39, 0.29) is 0 Å². The number of hydrogen-bond acceptors (Lipinski definition) is 1. The maximum Gasteiger partial charge on any atom is 0.0408 e. The minimum Gasteiger partial charge on any atom is -0.309 e. The predicted octanol–water partition coefficient (Wildman–Crippen LogP) is 4.72. The maximum atomic E-state index is 6.06. The molecule has 2 aromatic carbocycles. The smallest absolute Gasteiger partial charge is 0.0408 e. The number of halogens is 1. The number of nitrogens with one attached hydrogen (secondary N) is 1. The summed E-state index contributed by atoms with van der Waals surface area (Å²) in [6.45, 7) is 3.29. The second-order valence-corrected chi connectivity index (χ2v) is 6.09. The van der Waals surface area contributed by atoms with Gasteiger partial charge in [-0.15, -0.1) is 0 Å². The van der Waals surface area contributed by atoms with Gasteiger partial charge in [0.2, 0.25) is 0 Å². The topological polar surface area (TPSA) is 12.0 Å². The summed E-state index contributed by atoms with van der Waals surface area (Å²) in [5.41, 5.74) is 4.23. The van der Waals surface area contributed by atoms with Crippen molar-refractivity contribution in [1.29, 1.82) is 0 Å². The zero-order valence-corrected chi connectivity index (χ0v) is 12.5. The minimum absolute atomic E-state index is 0.480. The summed E-state index contributed by atoms with van der Waals surface area (Å²) in [5.74, 6) is 0.535. The molecule has 0 saturated heterocycles. The first-order valence-corrected chi connectivity index (χ1v) is 7.68. The molecule has 0 amide bonds. The Bertz CT molecular complexity index is 579. The van der Waals surface area contributed by atoms with Crippen LogP contribution in [0.25, 0.3) is 0 Å². The number of fused-ring (bicyclic) bond motifs is 1. The van der Waals surface area contributed by atoms with Crippen molar-refractivity contribution in [3.63, 3.8) is 0 Å². The van der Waals surface area contributed by atoms with Gasteiger partial charge in [-0.2, -0.15) is 0 Å². The van der Waals surface area contributed by atoms with Crippen molar-refractivity contribution in [2.75, 3.05) is 6.54 Å². The van der Waals surface area contributed by atoms with Gasteiger partial charge in [-0.25, -0.2) is 0 Å². The van der Waals surface area contributed by atoms with E-state index in [2.05, 4.69) is 54.7 Å². The van der Waals surface area contributed by atoms with Crippen LogP contribution >= 0.6 is 11.6 Å². The molecule has 1 nitrogen and oxygen atoms in total. The predicted molar refractivity (Wildman–Crippen MR) is 85.4 cm³/mol. The highest BCUT2D eigenvalue weighted by molar-refractivity contribution is 6.30. The van der Waals surface area contributed by atoms with Gasteiger partial charge < -0.3 is 5.32 Å². The van der Waals surface area contributed by atoms with Crippen LogP contribution in [0.4, 0.5) is 0 Å². The van der Waals surface area contributed by atoms with E-state index in [4.69, 9.17) is 11.6 Å². The van der Waals surface area contributed by atoms with Crippen molar-refractivity contribution in [2.45, 2.75) is 31.7 Å². The lowest BCUT2D eigenvalue weighted by Gasteiger charge is -2.18.